The smallest absolute Gasteiger partial charge is 0.220 e. The highest BCUT2D eigenvalue weighted by Crippen LogP contribution is 2.17. The first-order valence-electron chi connectivity index (χ1n) is 31.8. The zero-order chi connectivity index (χ0) is 52.0. The minimum Gasteiger partial charge on any atom is -0.394 e. The first kappa shape index (κ1) is 69.6. The van der Waals surface area contributed by atoms with E-state index in [1.165, 1.54) is 238 Å². The molecule has 0 spiro atoms. The molecule has 0 aromatic rings. The molecule has 0 aromatic carbocycles. The van der Waals surface area contributed by atoms with Crippen molar-refractivity contribution in [3.8, 4) is 0 Å². The molecule has 4 heteroatoms. The molecule has 72 heavy (non-hydrogen) atoms. The molecule has 418 valence electrons. The summed E-state index contributed by atoms with van der Waals surface area (Å²) >= 11 is 0. The van der Waals surface area contributed by atoms with Gasteiger partial charge in [-0.15, -0.1) is 0 Å². The Morgan fingerprint density at radius 2 is 0.625 bits per heavy atom. The van der Waals surface area contributed by atoms with Crippen LogP contribution in [-0.4, -0.2) is 34.9 Å². The average molecular weight is 1000 g/mol. The molecule has 0 aliphatic rings. The minimum absolute atomic E-state index is 0.0716. The van der Waals surface area contributed by atoms with Gasteiger partial charge in [-0.05, 0) is 77.0 Å². The molecule has 2 unspecified atom stereocenters. The molecule has 0 rings (SSSR count). The number of carbonyl (C=O) groups is 1. The van der Waals surface area contributed by atoms with Crippen LogP contribution in [0.25, 0.3) is 0 Å². The molecule has 0 heterocycles. The quantitative estimate of drug-likeness (QED) is 0.0420. The minimum atomic E-state index is -0.867. The van der Waals surface area contributed by atoms with Crippen LogP contribution in [0.15, 0.2) is 85.1 Å². The Labute approximate surface area is 450 Å². The number of amides is 1. The molecule has 0 saturated heterocycles. The van der Waals surface area contributed by atoms with Gasteiger partial charge in [-0.3, -0.25) is 4.79 Å². The number of hydrogen-bond donors (Lipinski definition) is 3. The number of hydrogen-bond acceptors (Lipinski definition) is 3. The van der Waals surface area contributed by atoms with Crippen LogP contribution in [0.1, 0.15) is 322 Å². The second-order valence-electron chi connectivity index (χ2n) is 21.4. The molecule has 0 fully saturated rings. The Balaban J connectivity index is 3.51. The Hall–Kier alpha value is -2.43. The fourth-order valence-corrected chi connectivity index (χ4v) is 9.58. The standard InChI is InChI=1S/C68H123NO3/c1-3-5-7-9-11-13-15-17-19-21-23-25-27-29-31-32-33-34-35-36-38-40-42-44-46-48-50-52-54-56-58-60-62-64-68(72)69-66(65-70)67(71)63-61-59-57-55-53-51-49-47-45-43-41-39-37-30-28-26-24-22-20-18-16-14-12-10-8-6-4-2/h5,7,11,13,17,19,23,25,29,31,53,55,61,63,66-67,70-71H,3-4,6,8-10,12,14-16,18,20-22,24,26-28,30,32-52,54,56-60,62,64-65H2,1-2H3,(H,69,72)/b7-5-,13-11-,19-17-,25-23-,31-29-,55-53+,63-61+. The fraction of sp³-hybridized carbons (Fsp3) is 0.779. The summed E-state index contributed by atoms with van der Waals surface area (Å²) in [4.78, 5) is 12.5. The Morgan fingerprint density at radius 3 is 0.972 bits per heavy atom. The van der Waals surface area contributed by atoms with Crippen LogP contribution in [0.3, 0.4) is 0 Å². The number of aliphatic hydroxyl groups is 2. The average Bonchev–Trinajstić information content (AvgIpc) is 3.39. The maximum atomic E-state index is 12.5. The highest BCUT2D eigenvalue weighted by Gasteiger charge is 2.18. The monoisotopic (exact) mass is 1000 g/mol. The molecule has 3 N–H and O–H groups in total. The van der Waals surface area contributed by atoms with Crippen molar-refractivity contribution in [3.63, 3.8) is 0 Å². The number of nitrogens with one attached hydrogen (secondary N) is 1. The molecule has 0 aliphatic carbocycles. The van der Waals surface area contributed by atoms with Gasteiger partial charge in [0.05, 0.1) is 18.8 Å². The van der Waals surface area contributed by atoms with E-state index in [1.807, 2.05) is 6.08 Å². The number of carbonyl (C=O) groups excluding carboxylic acids is 1. The SMILES string of the molecule is CC/C=C\C/C=C\C/C=C\C/C=C\C/C=C\CCCCCCCCCCCCCCCCCCCC(=O)NC(CO)C(O)/C=C/CC/C=C/CCCCCCCCCCCCCCCCCCCCCCC. The first-order valence-corrected chi connectivity index (χ1v) is 31.8. The summed E-state index contributed by atoms with van der Waals surface area (Å²) < 4.78 is 0. The van der Waals surface area contributed by atoms with E-state index in [9.17, 15) is 15.0 Å². The van der Waals surface area contributed by atoms with Gasteiger partial charge >= 0.3 is 0 Å². The van der Waals surface area contributed by atoms with Crippen molar-refractivity contribution in [3.05, 3.63) is 85.1 Å². The van der Waals surface area contributed by atoms with Gasteiger partial charge in [-0.25, -0.2) is 0 Å². The van der Waals surface area contributed by atoms with Gasteiger partial charge in [0.15, 0.2) is 0 Å². The first-order chi connectivity index (χ1) is 35.7. The van der Waals surface area contributed by atoms with Crippen molar-refractivity contribution in [1.82, 2.24) is 5.32 Å². The summed E-state index contributed by atoms with van der Waals surface area (Å²) in [5.41, 5.74) is 0. The van der Waals surface area contributed by atoms with Crippen LogP contribution >= 0.6 is 0 Å². The van der Waals surface area contributed by atoms with Crippen molar-refractivity contribution >= 4 is 5.91 Å². The molecule has 4 nitrogen and oxygen atoms in total. The zero-order valence-corrected chi connectivity index (χ0v) is 48.2. The number of aliphatic hydroxyl groups excluding tert-OH is 2. The Morgan fingerprint density at radius 1 is 0.347 bits per heavy atom. The maximum Gasteiger partial charge on any atom is 0.220 e. The normalized spacial score (nSPS) is 13.3. The summed E-state index contributed by atoms with van der Waals surface area (Å²) in [5.74, 6) is -0.0716. The predicted octanol–water partition coefficient (Wildman–Crippen LogP) is 21.5. The summed E-state index contributed by atoms with van der Waals surface area (Å²) in [6.07, 6.45) is 92.1. The van der Waals surface area contributed by atoms with Gasteiger partial charge < -0.3 is 15.5 Å². The molecule has 0 saturated carbocycles. The topological polar surface area (TPSA) is 69.6 Å². The van der Waals surface area contributed by atoms with E-state index in [0.29, 0.717) is 6.42 Å². The predicted molar refractivity (Wildman–Crippen MR) is 322 cm³/mol. The summed E-state index contributed by atoms with van der Waals surface area (Å²) in [6, 6.07) is -0.644. The molecule has 2 atom stereocenters. The van der Waals surface area contributed by atoms with Crippen molar-refractivity contribution in [2.75, 3.05) is 6.61 Å². The molecule has 0 radical (unpaired) electrons. The molecular formula is C68H123NO3. The lowest BCUT2D eigenvalue weighted by Crippen LogP contribution is -2.45. The van der Waals surface area contributed by atoms with E-state index >= 15 is 0 Å². The molecule has 0 aromatic heterocycles. The lowest BCUT2D eigenvalue weighted by atomic mass is 10.0. The maximum absolute atomic E-state index is 12.5. The van der Waals surface area contributed by atoms with Crippen molar-refractivity contribution in [2.45, 2.75) is 334 Å². The largest absolute Gasteiger partial charge is 0.394 e. The van der Waals surface area contributed by atoms with Crippen LogP contribution in [-0.2, 0) is 4.79 Å². The third-order valence-electron chi connectivity index (χ3n) is 14.4. The highest BCUT2D eigenvalue weighted by molar-refractivity contribution is 5.76. The number of unbranched alkanes of at least 4 members (excludes halogenated alkanes) is 39. The number of allylic oxidation sites excluding steroid dienone is 13. The summed E-state index contributed by atoms with van der Waals surface area (Å²) in [7, 11) is 0. The van der Waals surface area contributed by atoms with E-state index < -0.39 is 12.1 Å². The van der Waals surface area contributed by atoms with Crippen molar-refractivity contribution < 1.29 is 15.0 Å². The van der Waals surface area contributed by atoms with Gasteiger partial charge in [-0.2, -0.15) is 0 Å². The van der Waals surface area contributed by atoms with E-state index in [-0.39, 0.29) is 12.5 Å². The van der Waals surface area contributed by atoms with Crippen molar-refractivity contribution in [1.29, 1.82) is 0 Å². The Bertz CT molecular complexity index is 1270. The van der Waals surface area contributed by atoms with E-state index in [4.69, 9.17) is 0 Å². The van der Waals surface area contributed by atoms with Crippen LogP contribution in [0.4, 0.5) is 0 Å². The highest BCUT2D eigenvalue weighted by atomic mass is 16.3. The van der Waals surface area contributed by atoms with Gasteiger partial charge in [0.25, 0.3) is 0 Å². The summed E-state index contributed by atoms with van der Waals surface area (Å²) in [6.45, 7) is 4.21. The van der Waals surface area contributed by atoms with Crippen LogP contribution in [0.5, 0.6) is 0 Å². The Kier molecular flexibility index (Phi) is 60.7. The second-order valence-corrected chi connectivity index (χ2v) is 21.4. The van der Waals surface area contributed by atoms with Crippen LogP contribution in [0, 0.1) is 0 Å². The van der Waals surface area contributed by atoms with Crippen LogP contribution in [0.2, 0.25) is 0 Å². The second kappa shape index (κ2) is 62.9. The molecule has 1 amide bonds. The molecule has 0 bridgehead atoms. The van der Waals surface area contributed by atoms with Gasteiger partial charge in [0, 0.05) is 6.42 Å². The van der Waals surface area contributed by atoms with Gasteiger partial charge in [0.1, 0.15) is 0 Å². The van der Waals surface area contributed by atoms with E-state index in [1.54, 1.807) is 6.08 Å². The summed E-state index contributed by atoms with van der Waals surface area (Å²) in [5, 5.41) is 23.2. The lowest BCUT2D eigenvalue weighted by molar-refractivity contribution is -0.123. The molecule has 0 aliphatic heterocycles. The third-order valence-corrected chi connectivity index (χ3v) is 14.4. The van der Waals surface area contributed by atoms with Crippen molar-refractivity contribution in [2.24, 2.45) is 0 Å². The van der Waals surface area contributed by atoms with Crippen LogP contribution < -0.4 is 5.32 Å². The van der Waals surface area contributed by atoms with Gasteiger partial charge in [-0.1, -0.05) is 324 Å². The lowest BCUT2D eigenvalue weighted by Gasteiger charge is -2.19. The fourth-order valence-electron chi connectivity index (χ4n) is 9.58. The van der Waals surface area contributed by atoms with E-state index in [2.05, 4.69) is 92.1 Å². The molecular weight excluding hydrogens is 879 g/mol. The third kappa shape index (κ3) is 58.5. The zero-order valence-electron chi connectivity index (χ0n) is 48.2. The van der Waals surface area contributed by atoms with Gasteiger partial charge in [0.2, 0.25) is 5.91 Å². The van der Waals surface area contributed by atoms with E-state index in [0.717, 1.165) is 64.2 Å². The number of rotatable bonds is 58.